The molecule has 1 atom stereocenters. The molecule has 4 amide bonds. The zero-order valence-corrected chi connectivity index (χ0v) is 15.8. The Hall–Kier alpha value is -2.58. The third kappa shape index (κ3) is 6.54. The van der Waals surface area contributed by atoms with Crippen LogP contribution in [0, 0.1) is 5.41 Å². The lowest BCUT2D eigenvalue weighted by molar-refractivity contribution is -0.137. The lowest BCUT2D eigenvalue weighted by atomic mass is 9.84. The molecule has 1 aromatic carbocycles. The summed E-state index contributed by atoms with van der Waals surface area (Å²) in [6.07, 6.45) is 0.317. The van der Waals surface area contributed by atoms with Crippen LogP contribution in [0.25, 0.3) is 0 Å². The highest BCUT2D eigenvalue weighted by Crippen LogP contribution is 2.30. The number of benzene rings is 1. The Morgan fingerprint density at radius 2 is 1.68 bits per heavy atom. The first kappa shape index (κ1) is 21.7. The molecular formula is C19H24F3N3O3. The fraction of sp³-hybridized carbons (Fsp3) is 0.526. The van der Waals surface area contributed by atoms with Crippen molar-refractivity contribution in [3.8, 4) is 0 Å². The number of urea groups is 1. The summed E-state index contributed by atoms with van der Waals surface area (Å²) < 4.78 is 37.7. The monoisotopic (exact) mass is 399 g/mol. The quantitative estimate of drug-likeness (QED) is 0.666. The average Bonchev–Trinajstić information content (AvgIpc) is 3.43. The van der Waals surface area contributed by atoms with Crippen molar-refractivity contribution in [2.75, 3.05) is 6.54 Å². The van der Waals surface area contributed by atoms with Gasteiger partial charge in [0.25, 0.3) is 5.91 Å². The lowest BCUT2D eigenvalue weighted by Gasteiger charge is -2.24. The van der Waals surface area contributed by atoms with Gasteiger partial charge >= 0.3 is 12.2 Å². The van der Waals surface area contributed by atoms with Crippen LogP contribution in [0.5, 0.6) is 0 Å². The molecule has 3 rings (SSSR count). The van der Waals surface area contributed by atoms with E-state index >= 15 is 0 Å². The molecule has 1 aromatic rings. The second-order valence-electron chi connectivity index (χ2n) is 7.54. The van der Waals surface area contributed by atoms with Crippen LogP contribution in [0.1, 0.15) is 44.2 Å². The van der Waals surface area contributed by atoms with Gasteiger partial charge < -0.3 is 10.6 Å². The lowest BCUT2D eigenvalue weighted by Crippen LogP contribution is -2.46. The van der Waals surface area contributed by atoms with E-state index in [2.05, 4.69) is 16.0 Å². The number of carbonyl (C=O) groups is 3. The van der Waals surface area contributed by atoms with Gasteiger partial charge in [0, 0.05) is 12.0 Å². The van der Waals surface area contributed by atoms with Crippen molar-refractivity contribution in [2.24, 2.45) is 5.41 Å². The summed E-state index contributed by atoms with van der Waals surface area (Å²) in [5, 5.41) is 6.99. The third-order valence-corrected chi connectivity index (χ3v) is 4.22. The molecule has 1 aliphatic heterocycles. The molecule has 1 heterocycles. The van der Waals surface area contributed by atoms with Crippen molar-refractivity contribution in [3.05, 3.63) is 35.4 Å². The van der Waals surface area contributed by atoms with Gasteiger partial charge in [0.2, 0.25) is 5.91 Å². The number of nitrogens with one attached hydrogen (secondary N) is 3. The second-order valence-corrected chi connectivity index (χ2v) is 7.54. The van der Waals surface area contributed by atoms with Gasteiger partial charge in [-0.2, -0.15) is 13.2 Å². The molecule has 154 valence electrons. The number of hydrogen-bond acceptors (Lipinski definition) is 3. The molecule has 1 aliphatic carbocycles. The first-order valence-corrected chi connectivity index (χ1v) is 9.05. The van der Waals surface area contributed by atoms with Gasteiger partial charge in [0.05, 0.1) is 5.56 Å². The Labute approximate surface area is 161 Å². The van der Waals surface area contributed by atoms with E-state index in [1.54, 1.807) is 13.8 Å². The minimum absolute atomic E-state index is 0.0627. The van der Waals surface area contributed by atoms with Crippen LogP contribution in [-0.2, 0) is 22.2 Å². The van der Waals surface area contributed by atoms with E-state index in [4.69, 9.17) is 0 Å². The largest absolute Gasteiger partial charge is 0.416 e. The Balaban J connectivity index is 0.000000849. The summed E-state index contributed by atoms with van der Waals surface area (Å²) in [7, 11) is 0. The number of carbonyl (C=O) groups excluding carboxylic acids is 3. The summed E-state index contributed by atoms with van der Waals surface area (Å²) in [4.78, 5) is 34.7. The Bertz CT molecular complexity index is 725. The average molecular weight is 399 g/mol. The SMILES string of the molecule is C1CC1.CC(C)(Cc1ccc(C(F)(F)F)cc1)C(=O)NC[C@H]1NC(=O)NC1=O. The highest BCUT2D eigenvalue weighted by molar-refractivity contribution is 6.04. The van der Waals surface area contributed by atoms with Crippen LogP contribution in [0.3, 0.4) is 0 Å². The molecule has 0 aromatic heterocycles. The fourth-order valence-corrected chi connectivity index (χ4v) is 2.44. The number of halogens is 3. The van der Waals surface area contributed by atoms with Crippen molar-refractivity contribution in [3.63, 3.8) is 0 Å². The summed E-state index contributed by atoms with van der Waals surface area (Å²) in [5.74, 6) is -0.896. The Morgan fingerprint density at radius 1 is 1.11 bits per heavy atom. The molecule has 28 heavy (non-hydrogen) atoms. The van der Waals surface area contributed by atoms with Crippen LogP contribution < -0.4 is 16.0 Å². The minimum Gasteiger partial charge on any atom is -0.353 e. The van der Waals surface area contributed by atoms with Gasteiger partial charge in [0.15, 0.2) is 0 Å². The van der Waals surface area contributed by atoms with Crippen LogP contribution in [0.2, 0.25) is 0 Å². The Morgan fingerprint density at radius 3 is 2.11 bits per heavy atom. The first-order chi connectivity index (χ1) is 13.0. The molecule has 1 saturated heterocycles. The number of amides is 4. The highest BCUT2D eigenvalue weighted by Gasteiger charge is 2.33. The predicted molar refractivity (Wildman–Crippen MR) is 96.3 cm³/mol. The smallest absolute Gasteiger partial charge is 0.353 e. The fourth-order valence-electron chi connectivity index (χ4n) is 2.44. The van der Waals surface area contributed by atoms with E-state index in [0.717, 1.165) is 12.1 Å². The van der Waals surface area contributed by atoms with Crippen molar-refractivity contribution in [1.29, 1.82) is 0 Å². The van der Waals surface area contributed by atoms with Gasteiger partial charge in [0.1, 0.15) is 6.04 Å². The minimum atomic E-state index is -4.41. The molecule has 0 bridgehead atoms. The first-order valence-electron chi connectivity index (χ1n) is 9.05. The molecule has 0 unspecified atom stereocenters. The van der Waals surface area contributed by atoms with Gasteiger partial charge in [-0.15, -0.1) is 0 Å². The molecule has 2 aliphatic rings. The van der Waals surface area contributed by atoms with E-state index < -0.39 is 35.1 Å². The van der Waals surface area contributed by atoms with Gasteiger partial charge in [-0.1, -0.05) is 45.2 Å². The topological polar surface area (TPSA) is 87.3 Å². The third-order valence-electron chi connectivity index (χ3n) is 4.22. The van der Waals surface area contributed by atoms with Crippen LogP contribution in [0.15, 0.2) is 24.3 Å². The zero-order valence-electron chi connectivity index (χ0n) is 15.8. The standard InChI is InChI=1S/C16H18F3N3O3.C3H6/c1-15(2,7-9-3-5-10(6-4-9)16(17,18)19)13(24)20-8-11-12(23)22-14(25)21-11;1-2-3-1/h3-6,11H,7-8H2,1-2H3,(H,20,24)(H2,21,22,23,25);1-3H2/t11-;/m1./s1. The molecule has 9 heteroatoms. The van der Waals surface area contributed by atoms with Crippen LogP contribution in [-0.4, -0.2) is 30.4 Å². The van der Waals surface area contributed by atoms with E-state index in [1.807, 2.05) is 0 Å². The number of imide groups is 1. The summed E-state index contributed by atoms with van der Waals surface area (Å²) in [5.41, 5.74) is -1.07. The summed E-state index contributed by atoms with van der Waals surface area (Å²) >= 11 is 0. The van der Waals surface area contributed by atoms with E-state index in [9.17, 15) is 27.6 Å². The maximum Gasteiger partial charge on any atom is 0.416 e. The van der Waals surface area contributed by atoms with E-state index in [-0.39, 0.29) is 18.9 Å². The van der Waals surface area contributed by atoms with Gasteiger partial charge in [-0.3, -0.25) is 14.9 Å². The predicted octanol–water partition coefficient (Wildman–Crippen LogP) is 2.77. The van der Waals surface area contributed by atoms with Crippen LogP contribution >= 0.6 is 0 Å². The van der Waals surface area contributed by atoms with Gasteiger partial charge in [-0.25, -0.2) is 4.79 Å². The molecule has 0 radical (unpaired) electrons. The zero-order chi connectivity index (χ0) is 20.9. The molecule has 2 fully saturated rings. The highest BCUT2D eigenvalue weighted by atomic mass is 19.4. The number of hydrogen-bond donors (Lipinski definition) is 3. The van der Waals surface area contributed by atoms with Crippen molar-refractivity contribution in [2.45, 2.75) is 51.7 Å². The number of rotatable bonds is 5. The molecule has 3 N–H and O–H groups in total. The maximum atomic E-state index is 12.6. The summed E-state index contributed by atoms with van der Waals surface area (Å²) in [6, 6.07) is 3.17. The van der Waals surface area contributed by atoms with Crippen molar-refractivity contribution in [1.82, 2.24) is 16.0 Å². The molecule has 1 saturated carbocycles. The Kier molecular flexibility index (Phi) is 6.69. The number of alkyl halides is 3. The summed E-state index contributed by atoms with van der Waals surface area (Å²) in [6.45, 7) is 3.23. The normalized spacial score (nSPS) is 18.5. The van der Waals surface area contributed by atoms with E-state index in [0.29, 0.717) is 5.56 Å². The second kappa shape index (κ2) is 8.62. The molecule has 6 nitrogen and oxygen atoms in total. The molecule has 0 spiro atoms. The van der Waals surface area contributed by atoms with Crippen molar-refractivity contribution >= 4 is 17.8 Å². The van der Waals surface area contributed by atoms with Gasteiger partial charge in [-0.05, 0) is 24.1 Å². The van der Waals surface area contributed by atoms with Crippen molar-refractivity contribution < 1.29 is 27.6 Å². The van der Waals surface area contributed by atoms with Crippen LogP contribution in [0.4, 0.5) is 18.0 Å². The maximum absolute atomic E-state index is 12.6. The molecular weight excluding hydrogens is 375 g/mol. The van der Waals surface area contributed by atoms with E-state index in [1.165, 1.54) is 31.4 Å².